The molecule has 0 spiro atoms. The first kappa shape index (κ1) is 28.7. The van der Waals surface area contributed by atoms with Gasteiger partial charge in [-0.3, -0.25) is 0 Å². The fourth-order valence-corrected chi connectivity index (χ4v) is 4.88. The van der Waals surface area contributed by atoms with Crippen LogP contribution in [0.5, 0.6) is 5.88 Å². The first-order valence-corrected chi connectivity index (χ1v) is 13.0. The summed E-state index contributed by atoms with van der Waals surface area (Å²) < 4.78 is 20.6. The third-order valence-corrected chi connectivity index (χ3v) is 7.11. The number of piperidine rings is 1. The minimum atomic E-state index is -1.82. The number of aliphatic carboxylic acids is 2. The smallest absolute Gasteiger partial charge is 0.414 e. The van der Waals surface area contributed by atoms with Crippen LogP contribution in [-0.4, -0.2) is 68.5 Å². The van der Waals surface area contributed by atoms with Crippen LogP contribution < -0.4 is 4.74 Å². The van der Waals surface area contributed by atoms with Gasteiger partial charge in [-0.1, -0.05) is 24.3 Å². The highest BCUT2D eigenvalue weighted by molar-refractivity contribution is 6.27. The van der Waals surface area contributed by atoms with Gasteiger partial charge in [-0.25, -0.2) is 19.0 Å². The second-order valence-electron chi connectivity index (χ2n) is 9.64. The number of carboxylic acid groups (broad SMARTS) is 2. The summed E-state index contributed by atoms with van der Waals surface area (Å²) in [4.78, 5) is 24.9. The lowest BCUT2D eigenvalue weighted by Crippen LogP contribution is -2.35. The zero-order chi connectivity index (χ0) is 28.6. The average molecular weight is 550 g/mol. The molecule has 0 amide bonds. The predicted molar refractivity (Wildman–Crippen MR) is 147 cm³/mol. The summed E-state index contributed by atoms with van der Waals surface area (Å²) in [6, 6.07) is 19.2. The quantitative estimate of drug-likeness (QED) is 0.292. The molecule has 1 aliphatic rings. The van der Waals surface area contributed by atoms with E-state index in [4.69, 9.17) is 24.5 Å². The third-order valence-electron chi connectivity index (χ3n) is 7.11. The molecule has 1 unspecified atom stereocenters. The second kappa shape index (κ2) is 13.2. The first-order valence-electron chi connectivity index (χ1n) is 13.0. The Balaban J connectivity index is 0.000000557. The summed E-state index contributed by atoms with van der Waals surface area (Å²) >= 11 is 0. The van der Waals surface area contributed by atoms with E-state index in [-0.39, 0.29) is 5.82 Å². The molecule has 0 aliphatic carbocycles. The molecule has 9 nitrogen and oxygen atoms in total. The van der Waals surface area contributed by atoms with E-state index in [1.165, 1.54) is 23.1 Å². The van der Waals surface area contributed by atoms with Gasteiger partial charge in [0.25, 0.3) is 0 Å². The number of halogens is 1. The van der Waals surface area contributed by atoms with Crippen LogP contribution in [0.2, 0.25) is 0 Å². The number of rotatable bonds is 7. The Hall–Kier alpha value is -4.28. The van der Waals surface area contributed by atoms with E-state index in [0.29, 0.717) is 11.9 Å². The summed E-state index contributed by atoms with van der Waals surface area (Å²) in [6.07, 6.45) is 6.21. The van der Waals surface area contributed by atoms with E-state index in [9.17, 15) is 9.50 Å². The molecule has 1 atom stereocenters. The van der Waals surface area contributed by atoms with Crippen molar-refractivity contribution in [3.63, 3.8) is 0 Å². The van der Waals surface area contributed by atoms with Crippen LogP contribution in [0, 0.1) is 5.82 Å². The van der Waals surface area contributed by atoms with Crippen LogP contribution >= 0.6 is 0 Å². The molecule has 0 radical (unpaired) electrons. The molecule has 4 aromatic rings. The number of hydrogen-bond donors (Lipinski definition) is 3. The van der Waals surface area contributed by atoms with Gasteiger partial charge in [0, 0.05) is 55.2 Å². The molecule has 5 rings (SSSR count). The number of pyridine rings is 1. The largest absolute Gasteiger partial charge is 0.481 e. The molecule has 0 saturated carbocycles. The van der Waals surface area contributed by atoms with Gasteiger partial charge >= 0.3 is 11.9 Å². The molecule has 1 aliphatic heterocycles. The van der Waals surface area contributed by atoms with Gasteiger partial charge in [-0.05, 0) is 66.1 Å². The van der Waals surface area contributed by atoms with Crippen LogP contribution in [-0.2, 0) is 16.0 Å². The number of methoxy groups -OCH3 is 1. The van der Waals surface area contributed by atoms with Gasteiger partial charge in [0.05, 0.1) is 7.11 Å². The number of aromatic nitrogens is 2. The summed E-state index contributed by atoms with van der Waals surface area (Å²) in [5, 5.41) is 26.9. The number of nitrogens with zero attached hydrogens (tertiary/aromatic N) is 3. The predicted octanol–water partition coefficient (Wildman–Crippen LogP) is 4.30. The van der Waals surface area contributed by atoms with E-state index >= 15 is 0 Å². The van der Waals surface area contributed by atoms with Gasteiger partial charge in [0.15, 0.2) is 0 Å². The summed E-state index contributed by atoms with van der Waals surface area (Å²) in [7, 11) is 1.58. The number of benzene rings is 2. The lowest BCUT2D eigenvalue weighted by Gasteiger charge is -2.33. The molecular weight excluding hydrogens is 517 g/mol. The highest BCUT2D eigenvalue weighted by atomic mass is 19.1. The van der Waals surface area contributed by atoms with E-state index in [1.54, 1.807) is 19.4 Å². The van der Waals surface area contributed by atoms with Crippen molar-refractivity contribution in [1.29, 1.82) is 0 Å². The highest BCUT2D eigenvalue weighted by Gasteiger charge is 2.22. The molecule has 10 heteroatoms. The van der Waals surface area contributed by atoms with Crippen molar-refractivity contribution in [3.05, 3.63) is 95.6 Å². The fraction of sp³-hybridized carbons (Fsp3) is 0.300. The minimum Gasteiger partial charge on any atom is -0.481 e. The molecule has 2 aromatic carbocycles. The number of carboxylic acids is 2. The zero-order valence-corrected chi connectivity index (χ0v) is 22.1. The van der Waals surface area contributed by atoms with Crippen molar-refractivity contribution in [1.82, 2.24) is 14.5 Å². The van der Waals surface area contributed by atoms with Crippen molar-refractivity contribution >= 4 is 22.8 Å². The third kappa shape index (κ3) is 7.22. The van der Waals surface area contributed by atoms with Gasteiger partial charge in [-0.2, -0.15) is 0 Å². The number of carbonyl (C=O) groups is 2. The van der Waals surface area contributed by atoms with E-state index < -0.39 is 18.0 Å². The van der Waals surface area contributed by atoms with Crippen molar-refractivity contribution in [2.75, 3.05) is 26.7 Å². The first-order chi connectivity index (χ1) is 19.2. The highest BCUT2D eigenvalue weighted by Crippen LogP contribution is 2.31. The lowest BCUT2D eigenvalue weighted by molar-refractivity contribution is -0.159. The van der Waals surface area contributed by atoms with Gasteiger partial charge in [0.1, 0.15) is 11.9 Å². The van der Waals surface area contributed by atoms with Crippen LogP contribution in [0.4, 0.5) is 4.39 Å². The van der Waals surface area contributed by atoms with Gasteiger partial charge in [-0.15, -0.1) is 0 Å². The number of fused-ring (bicyclic) bond motifs is 1. The van der Waals surface area contributed by atoms with Crippen LogP contribution in [0.15, 0.2) is 73.1 Å². The molecule has 0 bridgehead atoms. The SMILES string of the molecule is COc1ccc(C(O)c2ccc3ccn(C4CCN(CCc5ccc(F)cc5)CC4)c3c2)cn1.O=C(O)C(=O)O. The maximum absolute atomic E-state index is 13.1. The fourth-order valence-electron chi connectivity index (χ4n) is 4.88. The molecular formula is C30H32FN3O6. The molecule has 2 aromatic heterocycles. The van der Waals surface area contributed by atoms with Crippen LogP contribution in [0.3, 0.4) is 0 Å². The summed E-state index contributed by atoms with van der Waals surface area (Å²) in [5.74, 6) is -3.30. The average Bonchev–Trinajstić information content (AvgIpc) is 3.40. The van der Waals surface area contributed by atoms with Gasteiger partial charge in [0.2, 0.25) is 5.88 Å². The summed E-state index contributed by atoms with van der Waals surface area (Å²) in [6.45, 7) is 3.09. The number of hydrogen-bond acceptors (Lipinski definition) is 6. The maximum atomic E-state index is 13.1. The Kier molecular flexibility index (Phi) is 9.47. The number of ether oxygens (including phenoxy) is 1. The summed E-state index contributed by atoms with van der Waals surface area (Å²) in [5.41, 5.74) is 3.93. The molecule has 3 N–H and O–H groups in total. The van der Waals surface area contributed by atoms with Gasteiger partial charge < -0.3 is 29.5 Å². The Labute approximate surface area is 231 Å². The Bertz CT molecular complexity index is 1420. The molecule has 1 fully saturated rings. The van der Waals surface area contributed by atoms with Crippen molar-refractivity contribution < 1.29 is 34.0 Å². The number of aliphatic hydroxyl groups is 1. The normalized spacial score (nSPS) is 14.8. The van der Waals surface area contributed by atoms with E-state index in [2.05, 4.69) is 38.8 Å². The Morgan fingerprint density at radius 3 is 2.27 bits per heavy atom. The lowest BCUT2D eigenvalue weighted by atomic mass is 10.0. The minimum absolute atomic E-state index is 0.181. The maximum Gasteiger partial charge on any atom is 0.414 e. The van der Waals surface area contributed by atoms with E-state index in [1.807, 2.05) is 24.3 Å². The molecule has 3 heterocycles. The molecule has 40 heavy (non-hydrogen) atoms. The Morgan fingerprint density at radius 1 is 1.00 bits per heavy atom. The zero-order valence-electron chi connectivity index (χ0n) is 22.1. The molecule has 210 valence electrons. The molecule has 1 saturated heterocycles. The second-order valence-corrected chi connectivity index (χ2v) is 9.64. The van der Waals surface area contributed by atoms with Crippen molar-refractivity contribution in [2.24, 2.45) is 0 Å². The standard InChI is InChI=1S/C28H30FN3O2.C2H2O4/c1-34-27-9-6-23(19-30-27)28(33)22-5-4-21-11-17-32(26(21)18-22)25-12-15-31(16-13-25)14-10-20-2-7-24(29)8-3-20;3-1(4)2(5)6/h2-9,11,17-19,25,28,33H,10,12-16H2,1H3;(H,3,4)(H,5,6). The van der Waals surface area contributed by atoms with Crippen LogP contribution in [0.1, 0.15) is 41.7 Å². The number of likely N-dealkylation sites (tertiary alicyclic amines) is 1. The van der Waals surface area contributed by atoms with Crippen molar-refractivity contribution in [3.8, 4) is 5.88 Å². The topological polar surface area (TPSA) is 125 Å². The number of aliphatic hydroxyl groups excluding tert-OH is 1. The van der Waals surface area contributed by atoms with Crippen LogP contribution in [0.25, 0.3) is 10.9 Å². The Morgan fingerprint density at radius 2 is 1.68 bits per heavy atom. The van der Waals surface area contributed by atoms with E-state index in [0.717, 1.165) is 55.5 Å². The van der Waals surface area contributed by atoms with Crippen molar-refractivity contribution in [2.45, 2.75) is 31.4 Å². The monoisotopic (exact) mass is 549 g/mol.